The summed E-state index contributed by atoms with van der Waals surface area (Å²) >= 11 is 5.38. The molecule has 0 rings (SSSR count). The van der Waals surface area contributed by atoms with Crippen molar-refractivity contribution in [1.82, 2.24) is 0 Å². The molecule has 1 radical (unpaired) electrons. The fourth-order valence-corrected chi connectivity index (χ4v) is 0.565. The van der Waals surface area contributed by atoms with Gasteiger partial charge in [-0.2, -0.15) is 0 Å². The highest BCUT2D eigenvalue weighted by molar-refractivity contribution is 6.21. The molecule has 0 spiro atoms. The first-order chi connectivity index (χ1) is 4.16. The lowest BCUT2D eigenvalue weighted by Gasteiger charge is -2.03. The largest absolute Gasteiger partial charge is 0.248 e. The molecule has 0 saturated carbocycles. The van der Waals surface area contributed by atoms with Crippen LogP contribution in [-0.2, 0) is 0 Å². The normalized spacial score (nSPS) is 17.3. The van der Waals surface area contributed by atoms with Crippen molar-refractivity contribution in [1.29, 1.82) is 0 Å². The van der Waals surface area contributed by atoms with Gasteiger partial charge >= 0.3 is 0 Å². The van der Waals surface area contributed by atoms with Gasteiger partial charge in [0.15, 0.2) is 0 Å². The van der Waals surface area contributed by atoms with Crippen molar-refractivity contribution < 1.29 is 8.78 Å². The van der Waals surface area contributed by atoms with E-state index in [0.29, 0.717) is 6.42 Å². The minimum atomic E-state index is -1.35. The molecule has 0 aliphatic heterocycles. The van der Waals surface area contributed by atoms with Crippen molar-refractivity contribution in [2.24, 2.45) is 0 Å². The van der Waals surface area contributed by atoms with Crippen LogP contribution in [0.15, 0.2) is 0 Å². The van der Waals surface area contributed by atoms with E-state index in [4.69, 9.17) is 11.6 Å². The van der Waals surface area contributed by atoms with Gasteiger partial charge in [-0.15, -0.1) is 11.6 Å². The van der Waals surface area contributed by atoms with Crippen molar-refractivity contribution >= 4 is 11.6 Å². The van der Waals surface area contributed by atoms with E-state index in [-0.39, 0.29) is 11.8 Å². The lowest BCUT2D eigenvalue weighted by molar-refractivity contribution is 0.244. The molecule has 9 heavy (non-hydrogen) atoms. The Labute approximate surface area is 59.2 Å². The molecular weight excluding hydrogens is 146 g/mol. The summed E-state index contributed by atoms with van der Waals surface area (Å²) < 4.78 is 23.4. The van der Waals surface area contributed by atoms with Gasteiger partial charge in [0.05, 0.1) is 0 Å². The van der Waals surface area contributed by atoms with E-state index in [1.165, 1.54) is 0 Å². The van der Waals surface area contributed by atoms with Crippen LogP contribution in [0.4, 0.5) is 8.78 Å². The van der Waals surface area contributed by atoms with E-state index in [0.717, 1.165) is 0 Å². The first kappa shape index (κ1) is 9.15. The number of hydrogen-bond donors (Lipinski definition) is 0. The average Bonchev–Trinajstić information content (AvgIpc) is 1.83. The molecule has 0 saturated heterocycles. The highest BCUT2D eigenvalue weighted by Gasteiger charge is 2.06. The van der Waals surface area contributed by atoms with E-state index in [1.807, 2.05) is 0 Å². The Morgan fingerprint density at radius 1 is 1.44 bits per heavy atom. The van der Waals surface area contributed by atoms with Crippen molar-refractivity contribution in [2.45, 2.75) is 24.4 Å². The van der Waals surface area contributed by atoms with E-state index in [2.05, 4.69) is 6.92 Å². The van der Waals surface area contributed by atoms with Crippen molar-refractivity contribution in [3.8, 4) is 0 Å². The van der Waals surface area contributed by atoms with Crippen LogP contribution in [0, 0.1) is 6.92 Å². The maximum Gasteiger partial charge on any atom is 0.128 e. The first-order valence-corrected chi connectivity index (χ1v) is 3.27. The van der Waals surface area contributed by atoms with Crippen LogP contribution >= 0.6 is 11.6 Å². The van der Waals surface area contributed by atoms with Gasteiger partial charge in [-0.05, 0) is 19.8 Å². The molecule has 3 heteroatoms. The van der Waals surface area contributed by atoms with Crippen LogP contribution in [0.5, 0.6) is 0 Å². The molecule has 0 heterocycles. The third-order valence-corrected chi connectivity index (χ3v) is 1.18. The molecule has 2 atom stereocenters. The fourth-order valence-electron chi connectivity index (χ4n) is 0.439. The number of rotatable bonds is 4. The van der Waals surface area contributed by atoms with Crippen LogP contribution in [0.3, 0.4) is 0 Å². The monoisotopic (exact) mass is 155 g/mol. The molecule has 0 aromatic carbocycles. The Hall–Kier alpha value is 0.150. The molecule has 0 amide bonds. The average molecular weight is 156 g/mol. The summed E-state index contributed by atoms with van der Waals surface area (Å²) in [5.74, 6) is 0. The number of alkyl halides is 3. The SMILES string of the molecule is [CH2]C(Cl)CCC(F)CF. The van der Waals surface area contributed by atoms with Gasteiger partial charge in [-0.25, -0.2) is 8.78 Å². The third kappa shape index (κ3) is 6.03. The fraction of sp³-hybridized carbons (Fsp3) is 0.833. The van der Waals surface area contributed by atoms with Gasteiger partial charge in [0.2, 0.25) is 0 Å². The van der Waals surface area contributed by atoms with Gasteiger partial charge < -0.3 is 0 Å². The van der Waals surface area contributed by atoms with Crippen LogP contribution in [-0.4, -0.2) is 18.2 Å². The Bertz CT molecular complexity index is 66.1. The highest BCUT2D eigenvalue weighted by atomic mass is 35.5. The molecule has 0 fully saturated rings. The predicted octanol–water partition coefficient (Wildman–Crippen LogP) is 2.52. The molecule has 55 valence electrons. The summed E-state index contributed by atoms with van der Waals surface area (Å²) in [7, 11) is 0. The first-order valence-electron chi connectivity index (χ1n) is 2.84. The van der Waals surface area contributed by atoms with Crippen LogP contribution in [0.1, 0.15) is 12.8 Å². The number of halogens is 3. The second-order valence-corrected chi connectivity index (χ2v) is 2.54. The molecular formula is C6H10ClF2. The van der Waals surface area contributed by atoms with Crippen LogP contribution in [0.25, 0.3) is 0 Å². The number of hydrogen-bond acceptors (Lipinski definition) is 0. The summed E-state index contributed by atoms with van der Waals surface area (Å²) in [6.45, 7) is 2.51. The summed E-state index contributed by atoms with van der Waals surface area (Å²) in [5, 5.41) is -0.296. The summed E-state index contributed by atoms with van der Waals surface area (Å²) in [6.07, 6.45) is -0.742. The van der Waals surface area contributed by atoms with Crippen molar-refractivity contribution in [3.63, 3.8) is 0 Å². The highest BCUT2D eigenvalue weighted by Crippen LogP contribution is 2.08. The maximum atomic E-state index is 12.0. The van der Waals surface area contributed by atoms with E-state index < -0.39 is 12.8 Å². The molecule has 0 aliphatic carbocycles. The topological polar surface area (TPSA) is 0 Å². The molecule has 0 aliphatic rings. The third-order valence-electron chi connectivity index (χ3n) is 0.961. The Morgan fingerprint density at radius 3 is 2.33 bits per heavy atom. The smallest absolute Gasteiger partial charge is 0.128 e. The molecule has 2 unspecified atom stereocenters. The molecule has 0 bridgehead atoms. The lowest BCUT2D eigenvalue weighted by Crippen LogP contribution is -2.04. The predicted molar refractivity (Wildman–Crippen MR) is 35.1 cm³/mol. The Kier molecular flexibility index (Phi) is 5.06. The van der Waals surface area contributed by atoms with Crippen LogP contribution < -0.4 is 0 Å². The zero-order chi connectivity index (χ0) is 7.28. The quantitative estimate of drug-likeness (QED) is 0.548. The second-order valence-electron chi connectivity index (χ2n) is 1.93. The minimum absolute atomic E-state index is 0.175. The minimum Gasteiger partial charge on any atom is -0.248 e. The maximum absolute atomic E-state index is 12.0. The summed E-state index contributed by atoms with van der Waals surface area (Å²) in [4.78, 5) is 0. The molecule has 0 aromatic rings. The van der Waals surface area contributed by atoms with Gasteiger partial charge in [0.25, 0.3) is 0 Å². The zero-order valence-corrected chi connectivity index (χ0v) is 5.87. The summed E-state index contributed by atoms with van der Waals surface area (Å²) in [6, 6.07) is 0. The Balaban J connectivity index is 3.06. The molecule has 0 N–H and O–H groups in total. The second kappa shape index (κ2) is 4.98. The van der Waals surface area contributed by atoms with E-state index in [1.54, 1.807) is 0 Å². The molecule has 0 nitrogen and oxygen atoms in total. The van der Waals surface area contributed by atoms with Crippen molar-refractivity contribution in [2.75, 3.05) is 6.67 Å². The van der Waals surface area contributed by atoms with E-state index in [9.17, 15) is 8.78 Å². The van der Waals surface area contributed by atoms with Crippen molar-refractivity contribution in [3.05, 3.63) is 6.92 Å². The van der Waals surface area contributed by atoms with Gasteiger partial charge in [0.1, 0.15) is 12.8 Å². The summed E-state index contributed by atoms with van der Waals surface area (Å²) in [5.41, 5.74) is 0. The van der Waals surface area contributed by atoms with Gasteiger partial charge in [-0.3, -0.25) is 0 Å². The van der Waals surface area contributed by atoms with Crippen LogP contribution in [0.2, 0.25) is 0 Å². The van der Waals surface area contributed by atoms with E-state index >= 15 is 0 Å². The standard InChI is InChI=1S/C6H10ClF2/c1-5(7)2-3-6(9)4-8/h5-6H,1-4H2. The van der Waals surface area contributed by atoms with Gasteiger partial charge in [0, 0.05) is 5.38 Å². The lowest BCUT2D eigenvalue weighted by atomic mass is 10.2. The molecule has 0 aromatic heterocycles. The Morgan fingerprint density at radius 2 is 2.00 bits per heavy atom. The zero-order valence-electron chi connectivity index (χ0n) is 5.12. The van der Waals surface area contributed by atoms with Gasteiger partial charge in [-0.1, -0.05) is 0 Å².